The van der Waals surface area contributed by atoms with Gasteiger partial charge in [0.05, 0.1) is 12.1 Å². The number of nitrogens with zero attached hydrogens (tertiary/aromatic N) is 1. The largest absolute Gasteiger partial charge is 0.445 e. The zero-order valence-electron chi connectivity index (χ0n) is 12.1. The summed E-state index contributed by atoms with van der Waals surface area (Å²) in [7, 11) is 0. The van der Waals surface area contributed by atoms with Crippen molar-refractivity contribution in [3.63, 3.8) is 0 Å². The van der Waals surface area contributed by atoms with Crippen molar-refractivity contribution < 1.29 is 14.3 Å². The predicted octanol–water partition coefficient (Wildman–Crippen LogP) is 2.93. The first kappa shape index (κ1) is 13.9. The number of carbonyl (C=O) groups excluding carboxylic acids is 2. The predicted molar refractivity (Wildman–Crippen MR) is 78.6 cm³/mol. The number of benzene rings is 1. The maximum Gasteiger partial charge on any atom is 0.411 e. The van der Waals surface area contributed by atoms with Crippen molar-refractivity contribution in [3.05, 3.63) is 48.0 Å². The molecule has 1 fully saturated rings. The summed E-state index contributed by atoms with van der Waals surface area (Å²) in [6, 6.07) is 9.35. The van der Waals surface area contributed by atoms with Gasteiger partial charge < -0.3 is 4.74 Å². The first-order valence-corrected chi connectivity index (χ1v) is 7.40. The van der Waals surface area contributed by atoms with E-state index in [1.54, 1.807) is 4.90 Å². The third-order valence-electron chi connectivity index (χ3n) is 4.30. The summed E-state index contributed by atoms with van der Waals surface area (Å²) in [5, 5.41) is 0. The Labute approximate surface area is 124 Å². The normalized spacial score (nSPS) is 27.0. The van der Waals surface area contributed by atoms with Crippen molar-refractivity contribution in [2.24, 2.45) is 5.92 Å². The number of amides is 1. The molecule has 0 N–H and O–H groups in total. The average molecular weight is 285 g/mol. The van der Waals surface area contributed by atoms with E-state index in [-0.39, 0.29) is 36.5 Å². The summed E-state index contributed by atoms with van der Waals surface area (Å²) in [6.45, 7) is 2.25. The second kappa shape index (κ2) is 5.72. The van der Waals surface area contributed by atoms with Crippen molar-refractivity contribution in [1.29, 1.82) is 0 Å². The number of piperidine rings is 1. The Bertz CT molecular complexity index is 567. The van der Waals surface area contributed by atoms with E-state index in [0.717, 1.165) is 12.0 Å². The van der Waals surface area contributed by atoms with Crippen molar-refractivity contribution in [3.8, 4) is 0 Å². The van der Waals surface area contributed by atoms with Crippen LogP contribution in [-0.4, -0.2) is 28.9 Å². The average Bonchev–Trinajstić information content (AvgIpc) is 2.82. The van der Waals surface area contributed by atoms with E-state index in [0.29, 0.717) is 6.42 Å². The molecule has 2 aliphatic rings. The number of fused-ring (bicyclic) bond motifs is 2. The van der Waals surface area contributed by atoms with Gasteiger partial charge in [-0.05, 0) is 12.0 Å². The molecule has 0 spiro atoms. The van der Waals surface area contributed by atoms with E-state index in [1.165, 1.54) is 0 Å². The number of Topliss-reactive ketones (excluding diaryl/α,β-unsaturated/α-hetero) is 1. The second-order valence-corrected chi connectivity index (χ2v) is 5.58. The molecule has 0 aliphatic carbocycles. The molecule has 3 rings (SSSR count). The molecule has 1 saturated heterocycles. The van der Waals surface area contributed by atoms with Crippen LogP contribution in [0.5, 0.6) is 0 Å². The highest BCUT2D eigenvalue weighted by Crippen LogP contribution is 2.34. The van der Waals surface area contributed by atoms with Crippen LogP contribution in [0.2, 0.25) is 0 Å². The van der Waals surface area contributed by atoms with Crippen LogP contribution < -0.4 is 0 Å². The number of rotatable bonds is 3. The Hall–Kier alpha value is -2.10. The van der Waals surface area contributed by atoms with Gasteiger partial charge in [0.2, 0.25) is 0 Å². The standard InChI is InChI=1S/C17H19NO3/c1-2-14-15-9-8-13(10-16(14)19)18(15)17(20)21-11-12-6-4-3-5-7-12/h3-9,13-15H,2,10-11H2,1H3. The summed E-state index contributed by atoms with van der Waals surface area (Å²) >= 11 is 0. The van der Waals surface area contributed by atoms with Crippen molar-refractivity contribution >= 4 is 11.9 Å². The molecular weight excluding hydrogens is 266 g/mol. The summed E-state index contributed by atoms with van der Waals surface area (Å²) < 4.78 is 5.41. The molecule has 4 nitrogen and oxygen atoms in total. The van der Waals surface area contributed by atoms with Crippen LogP contribution in [0, 0.1) is 5.92 Å². The van der Waals surface area contributed by atoms with Gasteiger partial charge in [-0.25, -0.2) is 4.79 Å². The minimum atomic E-state index is -0.329. The van der Waals surface area contributed by atoms with Gasteiger partial charge in [0.15, 0.2) is 0 Å². The molecule has 2 aliphatic heterocycles. The molecule has 4 heteroatoms. The topological polar surface area (TPSA) is 46.6 Å². The highest BCUT2D eigenvalue weighted by molar-refractivity contribution is 5.87. The Morgan fingerprint density at radius 2 is 2.05 bits per heavy atom. The minimum absolute atomic E-state index is 0.0933. The van der Waals surface area contributed by atoms with E-state index < -0.39 is 0 Å². The highest BCUT2D eigenvalue weighted by atomic mass is 16.6. The van der Waals surface area contributed by atoms with Gasteiger partial charge in [0, 0.05) is 12.3 Å². The molecule has 1 aromatic carbocycles. The van der Waals surface area contributed by atoms with E-state index >= 15 is 0 Å². The third-order valence-corrected chi connectivity index (χ3v) is 4.30. The molecule has 1 aromatic rings. The minimum Gasteiger partial charge on any atom is -0.445 e. The zero-order chi connectivity index (χ0) is 14.8. The second-order valence-electron chi connectivity index (χ2n) is 5.58. The van der Waals surface area contributed by atoms with Crippen LogP contribution >= 0.6 is 0 Å². The smallest absolute Gasteiger partial charge is 0.411 e. The SMILES string of the molecule is CCC1C(=O)CC2C=CC1N2C(=O)OCc1ccccc1. The Kier molecular flexibility index (Phi) is 3.78. The highest BCUT2D eigenvalue weighted by Gasteiger charge is 2.45. The third kappa shape index (κ3) is 2.58. The van der Waals surface area contributed by atoms with Crippen molar-refractivity contribution in [1.82, 2.24) is 4.90 Å². The van der Waals surface area contributed by atoms with Crippen LogP contribution in [0.15, 0.2) is 42.5 Å². The number of ether oxygens (including phenoxy) is 1. The van der Waals surface area contributed by atoms with E-state index in [2.05, 4.69) is 0 Å². The van der Waals surface area contributed by atoms with Gasteiger partial charge in [0.25, 0.3) is 0 Å². The van der Waals surface area contributed by atoms with Gasteiger partial charge >= 0.3 is 6.09 Å². The van der Waals surface area contributed by atoms with Crippen LogP contribution in [0.1, 0.15) is 25.3 Å². The van der Waals surface area contributed by atoms with Gasteiger partial charge in [-0.2, -0.15) is 0 Å². The molecule has 0 saturated carbocycles. The maximum atomic E-state index is 12.4. The van der Waals surface area contributed by atoms with Gasteiger partial charge in [-0.3, -0.25) is 9.69 Å². The molecule has 2 bridgehead atoms. The first-order chi connectivity index (χ1) is 10.2. The van der Waals surface area contributed by atoms with Crippen LogP contribution in [0.4, 0.5) is 4.79 Å². The summed E-state index contributed by atoms with van der Waals surface area (Å²) in [4.78, 5) is 26.1. The summed E-state index contributed by atoms with van der Waals surface area (Å²) in [5.41, 5.74) is 0.964. The summed E-state index contributed by atoms with van der Waals surface area (Å²) in [5.74, 6) is 0.161. The Balaban J connectivity index is 1.67. The quantitative estimate of drug-likeness (QED) is 0.802. The van der Waals surface area contributed by atoms with E-state index in [9.17, 15) is 9.59 Å². The zero-order valence-corrected chi connectivity index (χ0v) is 12.1. The van der Waals surface area contributed by atoms with Crippen LogP contribution in [-0.2, 0) is 16.1 Å². The lowest BCUT2D eigenvalue weighted by Gasteiger charge is -2.38. The maximum absolute atomic E-state index is 12.4. The molecule has 21 heavy (non-hydrogen) atoms. The molecule has 0 aromatic heterocycles. The fourth-order valence-corrected chi connectivity index (χ4v) is 3.21. The Morgan fingerprint density at radius 3 is 2.76 bits per heavy atom. The summed E-state index contributed by atoms with van der Waals surface area (Å²) in [6.07, 6.45) is 4.77. The number of hydrogen-bond donors (Lipinski definition) is 0. The lowest BCUT2D eigenvalue weighted by Crippen LogP contribution is -2.52. The van der Waals surface area contributed by atoms with Gasteiger partial charge in [-0.15, -0.1) is 0 Å². The molecule has 1 amide bonds. The van der Waals surface area contributed by atoms with Crippen LogP contribution in [0.25, 0.3) is 0 Å². The van der Waals surface area contributed by atoms with Crippen molar-refractivity contribution in [2.75, 3.05) is 0 Å². The molecule has 0 radical (unpaired) electrons. The first-order valence-electron chi connectivity index (χ1n) is 7.40. The van der Waals surface area contributed by atoms with E-state index in [1.807, 2.05) is 49.4 Å². The monoisotopic (exact) mass is 285 g/mol. The number of hydrogen-bond acceptors (Lipinski definition) is 3. The fraction of sp³-hybridized carbons (Fsp3) is 0.412. The Morgan fingerprint density at radius 1 is 1.29 bits per heavy atom. The molecule has 2 heterocycles. The van der Waals surface area contributed by atoms with Gasteiger partial charge in [0.1, 0.15) is 12.4 Å². The van der Waals surface area contributed by atoms with Gasteiger partial charge in [-0.1, -0.05) is 49.4 Å². The molecular formula is C17H19NO3. The number of carbonyl (C=O) groups is 2. The molecule has 110 valence electrons. The van der Waals surface area contributed by atoms with Crippen molar-refractivity contribution in [2.45, 2.75) is 38.5 Å². The van der Waals surface area contributed by atoms with Crippen LogP contribution in [0.3, 0.4) is 0 Å². The van der Waals surface area contributed by atoms with E-state index in [4.69, 9.17) is 4.74 Å². The molecule has 3 unspecified atom stereocenters. The number of ketones is 1. The lowest BCUT2D eigenvalue weighted by atomic mass is 9.87. The fourth-order valence-electron chi connectivity index (χ4n) is 3.21. The molecule has 3 atom stereocenters. The lowest BCUT2D eigenvalue weighted by molar-refractivity contribution is -0.128.